The molecule has 0 heterocycles. The van der Waals surface area contributed by atoms with Crippen LogP contribution in [0.4, 0.5) is 0 Å². The summed E-state index contributed by atoms with van der Waals surface area (Å²) in [6.07, 6.45) is 7.06. The van der Waals surface area contributed by atoms with Gasteiger partial charge in [-0.3, -0.25) is 0 Å². The lowest BCUT2D eigenvalue weighted by molar-refractivity contribution is 0.0697. The van der Waals surface area contributed by atoms with Crippen LogP contribution in [0.1, 0.15) is 23.2 Å². The minimum atomic E-state index is -0.945. The molecule has 1 aliphatic rings. The maximum absolute atomic E-state index is 10.6. The van der Waals surface area contributed by atoms with Crippen LogP contribution in [0.15, 0.2) is 24.3 Å². The highest BCUT2D eigenvalue weighted by atomic mass is 16.5. The molecule has 0 radical (unpaired) electrons. The Balaban J connectivity index is 2.12. The van der Waals surface area contributed by atoms with E-state index in [0.29, 0.717) is 5.75 Å². The van der Waals surface area contributed by atoms with Crippen LogP contribution in [0.5, 0.6) is 5.75 Å². The lowest BCUT2D eigenvalue weighted by atomic mass is 10.2. The maximum atomic E-state index is 10.6. The Labute approximate surface area is 87.7 Å². The Bertz CT molecular complexity index is 421. The normalized spacial score (nSPS) is 16.5. The molecule has 2 rings (SSSR count). The molecular weight excluding hydrogens is 192 g/mol. The van der Waals surface area contributed by atoms with Crippen LogP contribution in [0.3, 0.4) is 0 Å². The number of hydrogen-bond acceptors (Lipinski definition) is 2. The molecule has 0 unspecified atom stereocenters. The Morgan fingerprint density at radius 1 is 1.40 bits per heavy atom. The van der Waals surface area contributed by atoms with Crippen molar-refractivity contribution in [3.63, 3.8) is 0 Å². The quantitative estimate of drug-likeness (QED) is 0.762. The fourth-order valence-electron chi connectivity index (χ4n) is 1.28. The molecule has 1 aromatic carbocycles. The maximum Gasteiger partial charge on any atom is 0.335 e. The SMILES string of the molecule is C#CC1(Oc2ccc(C(=O)O)cc2)CC1. The summed E-state index contributed by atoms with van der Waals surface area (Å²) in [6, 6.07) is 6.26. The van der Waals surface area contributed by atoms with Gasteiger partial charge in [0.25, 0.3) is 0 Å². The van der Waals surface area contributed by atoms with Crippen molar-refractivity contribution in [1.29, 1.82) is 0 Å². The monoisotopic (exact) mass is 202 g/mol. The van der Waals surface area contributed by atoms with Crippen LogP contribution in [-0.4, -0.2) is 16.7 Å². The van der Waals surface area contributed by atoms with E-state index in [1.807, 2.05) is 0 Å². The first kappa shape index (κ1) is 9.60. The molecule has 1 fully saturated rings. The summed E-state index contributed by atoms with van der Waals surface area (Å²) in [6.45, 7) is 0. The van der Waals surface area contributed by atoms with E-state index in [1.54, 1.807) is 12.1 Å². The standard InChI is InChI=1S/C12H10O3/c1-2-12(7-8-12)15-10-5-3-9(4-6-10)11(13)14/h1,3-6H,7-8H2,(H,13,14). The molecule has 76 valence electrons. The molecule has 0 bridgehead atoms. The first-order valence-corrected chi connectivity index (χ1v) is 4.65. The minimum absolute atomic E-state index is 0.243. The van der Waals surface area contributed by atoms with E-state index in [9.17, 15) is 4.79 Å². The number of aromatic carboxylic acids is 1. The average molecular weight is 202 g/mol. The van der Waals surface area contributed by atoms with Gasteiger partial charge in [-0.2, -0.15) is 0 Å². The van der Waals surface area contributed by atoms with Gasteiger partial charge < -0.3 is 9.84 Å². The first-order chi connectivity index (χ1) is 7.15. The van der Waals surface area contributed by atoms with Crippen LogP contribution in [0.25, 0.3) is 0 Å². The molecule has 1 aromatic rings. The number of carboxylic acid groups (broad SMARTS) is 1. The fourth-order valence-corrected chi connectivity index (χ4v) is 1.28. The van der Waals surface area contributed by atoms with E-state index in [0.717, 1.165) is 12.8 Å². The molecule has 0 spiro atoms. The van der Waals surface area contributed by atoms with Crippen LogP contribution < -0.4 is 4.74 Å². The zero-order chi connectivity index (χ0) is 10.9. The number of ether oxygens (including phenoxy) is 1. The topological polar surface area (TPSA) is 46.5 Å². The summed E-state index contributed by atoms with van der Waals surface area (Å²) in [5.74, 6) is 2.28. The molecule has 0 saturated heterocycles. The first-order valence-electron chi connectivity index (χ1n) is 4.65. The largest absolute Gasteiger partial charge is 0.478 e. The molecule has 0 aromatic heterocycles. The van der Waals surface area contributed by atoms with E-state index < -0.39 is 11.6 Å². The van der Waals surface area contributed by atoms with Crippen LogP contribution in [0.2, 0.25) is 0 Å². The van der Waals surface area contributed by atoms with Crippen molar-refractivity contribution in [3.05, 3.63) is 29.8 Å². The molecule has 0 amide bonds. The predicted molar refractivity (Wildman–Crippen MR) is 54.8 cm³/mol. The van der Waals surface area contributed by atoms with Crippen LogP contribution in [0, 0.1) is 12.3 Å². The molecule has 3 nitrogen and oxygen atoms in total. The molecule has 3 heteroatoms. The Kier molecular flexibility index (Phi) is 2.12. The van der Waals surface area contributed by atoms with Gasteiger partial charge in [0.05, 0.1) is 5.56 Å². The van der Waals surface area contributed by atoms with Crippen LogP contribution >= 0.6 is 0 Å². The summed E-state index contributed by atoms with van der Waals surface area (Å²) in [7, 11) is 0. The Morgan fingerprint density at radius 2 is 2.00 bits per heavy atom. The number of rotatable bonds is 3. The van der Waals surface area contributed by atoms with Crippen molar-refractivity contribution in [1.82, 2.24) is 0 Å². The van der Waals surface area contributed by atoms with Gasteiger partial charge in [-0.25, -0.2) is 4.79 Å². The number of hydrogen-bond donors (Lipinski definition) is 1. The number of terminal acetylenes is 1. The predicted octanol–water partition coefficient (Wildman–Crippen LogP) is 1.93. The second-order valence-electron chi connectivity index (χ2n) is 3.57. The molecule has 0 aliphatic heterocycles. The van der Waals surface area contributed by atoms with E-state index in [2.05, 4.69) is 5.92 Å². The zero-order valence-corrected chi connectivity index (χ0v) is 8.06. The minimum Gasteiger partial charge on any atom is -0.478 e. The number of carboxylic acids is 1. The smallest absolute Gasteiger partial charge is 0.335 e. The lowest BCUT2D eigenvalue weighted by Gasteiger charge is -2.11. The third-order valence-corrected chi connectivity index (χ3v) is 2.38. The number of benzene rings is 1. The highest BCUT2D eigenvalue weighted by Crippen LogP contribution is 2.39. The van der Waals surface area contributed by atoms with Crippen LogP contribution in [-0.2, 0) is 0 Å². The van der Waals surface area contributed by atoms with Crippen molar-refractivity contribution in [2.75, 3.05) is 0 Å². The number of carbonyl (C=O) groups is 1. The molecule has 1 N–H and O–H groups in total. The van der Waals surface area contributed by atoms with Crippen molar-refractivity contribution >= 4 is 5.97 Å². The molecule has 0 atom stereocenters. The van der Waals surface area contributed by atoms with Gasteiger partial charge in [0.1, 0.15) is 5.75 Å². The van der Waals surface area contributed by atoms with Gasteiger partial charge in [0, 0.05) is 12.8 Å². The van der Waals surface area contributed by atoms with Crippen molar-refractivity contribution < 1.29 is 14.6 Å². The van der Waals surface area contributed by atoms with E-state index in [-0.39, 0.29) is 5.56 Å². The summed E-state index contributed by atoms with van der Waals surface area (Å²) < 4.78 is 5.57. The van der Waals surface area contributed by atoms with E-state index in [4.69, 9.17) is 16.3 Å². The third-order valence-electron chi connectivity index (χ3n) is 2.38. The van der Waals surface area contributed by atoms with Gasteiger partial charge in [-0.05, 0) is 24.3 Å². The van der Waals surface area contributed by atoms with E-state index in [1.165, 1.54) is 12.1 Å². The van der Waals surface area contributed by atoms with Gasteiger partial charge in [-0.1, -0.05) is 5.92 Å². The van der Waals surface area contributed by atoms with E-state index >= 15 is 0 Å². The Morgan fingerprint density at radius 3 is 2.40 bits per heavy atom. The highest BCUT2D eigenvalue weighted by Gasteiger charge is 2.43. The molecule has 15 heavy (non-hydrogen) atoms. The fraction of sp³-hybridized carbons (Fsp3) is 0.250. The third kappa shape index (κ3) is 1.94. The summed E-state index contributed by atoms with van der Waals surface area (Å²) in [4.78, 5) is 10.6. The van der Waals surface area contributed by atoms with Gasteiger partial charge >= 0.3 is 5.97 Å². The lowest BCUT2D eigenvalue weighted by Crippen LogP contribution is -2.14. The molecular formula is C12H10O3. The summed E-state index contributed by atoms with van der Waals surface area (Å²) >= 11 is 0. The molecule has 1 saturated carbocycles. The summed E-state index contributed by atoms with van der Waals surface area (Å²) in [5, 5.41) is 8.69. The van der Waals surface area contributed by atoms with Crippen molar-refractivity contribution in [3.8, 4) is 18.1 Å². The van der Waals surface area contributed by atoms with Gasteiger partial charge in [0.15, 0.2) is 5.60 Å². The van der Waals surface area contributed by atoms with Crippen molar-refractivity contribution in [2.45, 2.75) is 18.4 Å². The molecule has 1 aliphatic carbocycles. The zero-order valence-electron chi connectivity index (χ0n) is 8.06. The van der Waals surface area contributed by atoms with Gasteiger partial charge in [-0.15, -0.1) is 6.42 Å². The Hall–Kier alpha value is -1.95. The van der Waals surface area contributed by atoms with Gasteiger partial charge in [0.2, 0.25) is 0 Å². The second-order valence-corrected chi connectivity index (χ2v) is 3.57. The average Bonchev–Trinajstić information content (AvgIpc) is 2.99. The second kappa shape index (κ2) is 3.32. The summed E-state index contributed by atoms with van der Waals surface area (Å²) in [5.41, 5.74) is -0.196. The van der Waals surface area contributed by atoms with Crippen molar-refractivity contribution in [2.24, 2.45) is 0 Å². The highest BCUT2D eigenvalue weighted by molar-refractivity contribution is 5.87.